The number of halogens is 1. The fraction of sp³-hybridized carbons (Fsp3) is 0.647. The van der Waals surface area contributed by atoms with Gasteiger partial charge >= 0.3 is 0 Å². The number of ether oxygens (including phenoxy) is 1. The average Bonchev–Trinajstić information content (AvgIpc) is 2.38. The topological polar surface area (TPSA) is 35.2 Å². The van der Waals surface area contributed by atoms with Crippen molar-refractivity contribution in [1.29, 1.82) is 0 Å². The van der Waals surface area contributed by atoms with Crippen LogP contribution in [-0.2, 0) is 5.54 Å². The van der Waals surface area contributed by atoms with E-state index in [-0.39, 0.29) is 5.82 Å². The molecule has 112 valence electrons. The second kappa shape index (κ2) is 5.36. The molecule has 1 aromatic carbocycles. The standard InChI is InChI=1S/C17H26FNO/c1-16(2,3)12-7-9-17(19,10-8-12)14-11-13(18)5-6-15(14)20-4/h5-6,11-12H,7-10,19H2,1-4H3. The molecule has 0 aromatic heterocycles. The first-order chi connectivity index (χ1) is 9.26. The zero-order valence-corrected chi connectivity index (χ0v) is 13.0. The van der Waals surface area contributed by atoms with E-state index in [1.54, 1.807) is 13.2 Å². The van der Waals surface area contributed by atoms with E-state index in [1.165, 1.54) is 12.1 Å². The lowest BCUT2D eigenvalue weighted by Gasteiger charge is -2.42. The number of hydrogen-bond donors (Lipinski definition) is 1. The molecule has 0 unspecified atom stereocenters. The third-order valence-corrected chi connectivity index (χ3v) is 4.80. The van der Waals surface area contributed by atoms with Gasteiger partial charge < -0.3 is 10.5 Å². The van der Waals surface area contributed by atoms with Gasteiger partial charge in [-0.1, -0.05) is 20.8 Å². The van der Waals surface area contributed by atoms with Crippen molar-refractivity contribution in [2.75, 3.05) is 7.11 Å². The van der Waals surface area contributed by atoms with Crippen LogP contribution in [0.5, 0.6) is 5.75 Å². The second-order valence-corrected chi connectivity index (χ2v) is 7.14. The first kappa shape index (κ1) is 15.3. The average molecular weight is 279 g/mol. The van der Waals surface area contributed by atoms with Gasteiger partial charge in [0.1, 0.15) is 11.6 Å². The van der Waals surface area contributed by atoms with E-state index in [1.807, 2.05) is 0 Å². The summed E-state index contributed by atoms with van der Waals surface area (Å²) in [5.41, 5.74) is 7.25. The summed E-state index contributed by atoms with van der Waals surface area (Å²) in [6.45, 7) is 6.85. The van der Waals surface area contributed by atoms with Crippen molar-refractivity contribution in [2.24, 2.45) is 17.1 Å². The summed E-state index contributed by atoms with van der Waals surface area (Å²) in [6.07, 6.45) is 3.93. The molecule has 1 fully saturated rings. The first-order valence-electron chi connectivity index (χ1n) is 7.39. The highest BCUT2D eigenvalue weighted by atomic mass is 19.1. The summed E-state index contributed by atoms with van der Waals surface area (Å²) in [7, 11) is 1.61. The maximum atomic E-state index is 13.6. The Bertz CT molecular complexity index is 470. The Kier molecular flexibility index (Phi) is 4.10. The molecule has 0 amide bonds. The fourth-order valence-corrected chi connectivity index (χ4v) is 3.34. The molecule has 0 saturated heterocycles. The Balaban J connectivity index is 2.24. The SMILES string of the molecule is COc1ccc(F)cc1C1(N)CCC(C(C)(C)C)CC1. The van der Waals surface area contributed by atoms with Gasteiger partial charge in [0.15, 0.2) is 0 Å². The van der Waals surface area contributed by atoms with Crippen LogP contribution in [0.25, 0.3) is 0 Å². The number of methoxy groups -OCH3 is 1. The summed E-state index contributed by atoms with van der Waals surface area (Å²) in [5, 5.41) is 0. The Morgan fingerprint density at radius 3 is 2.35 bits per heavy atom. The molecule has 0 aliphatic heterocycles. The summed E-state index contributed by atoms with van der Waals surface area (Å²) in [4.78, 5) is 0. The van der Waals surface area contributed by atoms with E-state index in [2.05, 4.69) is 20.8 Å². The number of benzene rings is 1. The molecule has 2 rings (SSSR count). The molecule has 3 heteroatoms. The molecule has 2 N–H and O–H groups in total. The minimum atomic E-state index is -0.463. The van der Waals surface area contributed by atoms with Gasteiger partial charge in [-0.3, -0.25) is 0 Å². The summed E-state index contributed by atoms with van der Waals surface area (Å²) in [5.74, 6) is 1.13. The number of nitrogens with two attached hydrogens (primary N) is 1. The molecule has 0 radical (unpaired) electrons. The van der Waals surface area contributed by atoms with Crippen LogP contribution in [0.3, 0.4) is 0 Å². The largest absolute Gasteiger partial charge is 0.496 e. The molecule has 2 nitrogen and oxygen atoms in total. The molecule has 1 aliphatic carbocycles. The highest BCUT2D eigenvalue weighted by molar-refractivity contribution is 5.39. The normalized spacial score (nSPS) is 27.4. The third-order valence-electron chi connectivity index (χ3n) is 4.80. The van der Waals surface area contributed by atoms with E-state index in [9.17, 15) is 4.39 Å². The Morgan fingerprint density at radius 1 is 1.25 bits per heavy atom. The van der Waals surface area contributed by atoms with Crippen molar-refractivity contribution in [2.45, 2.75) is 52.0 Å². The molecule has 0 spiro atoms. The monoisotopic (exact) mass is 279 g/mol. The molecule has 20 heavy (non-hydrogen) atoms. The van der Waals surface area contributed by atoms with E-state index >= 15 is 0 Å². The summed E-state index contributed by atoms with van der Waals surface area (Å²) in [6, 6.07) is 4.64. The zero-order valence-electron chi connectivity index (χ0n) is 13.0. The van der Waals surface area contributed by atoms with Crippen LogP contribution in [0.2, 0.25) is 0 Å². The van der Waals surface area contributed by atoms with Crippen LogP contribution in [0.4, 0.5) is 4.39 Å². The summed E-state index contributed by atoms with van der Waals surface area (Å²) < 4.78 is 18.9. The molecule has 0 bridgehead atoms. The number of rotatable bonds is 2. The Hall–Kier alpha value is -1.09. The second-order valence-electron chi connectivity index (χ2n) is 7.14. The Morgan fingerprint density at radius 2 is 1.85 bits per heavy atom. The number of hydrogen-bond acceptors (Lipinski definition) is 2. The van der Waals surface area contributed by atoms with Gasteiger partial charge in [0.25, 0.3) is 0 Å². The van der Waals surface area contributed by atoms with Crippen LogP contribution < -0.4 is 10.5 Å². The van der Waals surface area contributed by atoms with Crippen molar-refractivity contribution in [1.82, 2.24) is 0 Å². The lowest BCUT2D eigenvalue weighted by molar-refractivity contribution is 0.132. The summed E-state index contributed by atoms with van der Waals surface area (Å²) >= 11 is 0. The molecular formula is C17H26FNO. The molecule has 1 aliphatic rings. The molecule has 1 aromatic rings. The Labute approximate surface area is 121 Å². The van der Waals surface area contributed by atoms with Gasteiger partial charge in [-0.05, 0) is 55.2 Å². The van der Waals surface area contributed by atoms with Crippen molar-refractivity contribution in [3.05, 3.63) is 29.6 Å². The predicted molar refractivity (Wildman–Crippen MR) is 80.2 cm³/mol. The van der Waals surface area contributed by atoms with Crippen LogP contribution in [0, 0.1) is 17.2 Å². The third kappa shape index (κ3) is 2.98. The van der Waals surface area contributed by atoms with Crippen LogP contribution in [0.1, 0.15) is 52.0 Å². The van der Waals surface area contributed by atoms with Gasteiger partial charge in [-0.2, -0.15) is 0 Å². The van der Waals surface area contributed by atoms with Crippen LogP contribution >= 0.6 is 0 Å². The molecule has 0 atom stereocenters. The molecule has 0 heterocycles. The van der Waals surface area contributed by atoms with E-state index in [0.29, 0.717) is 17.1 Å². The highest BCUT2D eigenvalue weighted by Gasteiger charge is 2.38. The molecular weight excluding hydrogens is 253 g/mol. The van der Waals surface area contributed by atoms with Crippen molar-refractivity contribution < 1.29 is 9.13 Å². The van der Waals surface area contributed by atoms with Crippen molar-refractivity contribution >= 4 is 0 Å². The maximum Gasteiger partial charge on any atom is 0.124 e. The van der Waals surface area contributed by atoms with E-state index < -0.39 is 5.54 Å². The van der Waals surface area contributed by atoms with Gasteiger partial charge in [-0.25, -0.2) is 4.39 Å². The van der Waals surface area contributed by atoms with Gasteiger partial charge in [-0.15, -0.1) is 0 Å². The minimum absolute atomic E-state index is 0.247. The maximum absolute atomic E-state index is 13.6. The minimum Gasteiger partial charge on any atom is -0.496 e. The lowest BCUT2D eigenvalue weighted by atomic mass is 9.66. The lowest BCUT2D eigenvalue weighted by Crippen LogP contribution is -2.42. The van der Waals surface area contributed by atoms with Crippen molar-refractivity contribution in [3.8, 4) is 5.75 Å². The zero-order chi connectivity index (χ0) is 15.0. The highest BCUT2D eigenvalue weighted by Crippen LogP contribution is 2.46. The van der Waals surface area contributed by atoms with Gasteiger partial charge in [0, 0.05) is 11.1 Å². The van der Waals surface area contributed by atoms with E-state index in [0.717, 1.165) is 31.2 Å². The van der Waals surface area contributed by atoms with E-state index in [4.69, 9.17) is 10.5 Å². The van der Waals surface area contributed by atoms with Crippen LogP contribution in [0.15, 0.2) is 18.2 Å². The first-order valence-corrected chi connectivity index (χ1v) is 7.39. The quantitative estimate of drug-likeness (QED) is 0.879. The predicted octanol–water partition coefficient (Wildman–Crippen LogP) is 4.22. The van der Waals surface area contributed by atoms with Crippen molar-refractivity contribution in [3.63, 3.8) is 0 Å². The van der Waals surface area contributed by atoms with Crippen LogP contribution in [-0.4, -0.2) is 7.11 Å². The molecule has 1 saturated carbocycles. The smallest absolute Gasteiger partial charge is 0.124 e. The van der Waals surface area contributed by atoms with Gasteiger partial charge in [0.2, 0.25) is 0 Å². The van der Waals surface area contributed by atoms with Gasteiger partial charge in [0.05, 0.1) is 7.11 Å². The fourth-order valence-electron chi connectivity index (χ4n) is 3.34.